The first-order valence-electron chi connectivity index (χ1n) is 19.9. The number of nitrogen functional groups attached to an aromatic ring is 1. The van der Waals surface area contributed by atoms with Crippen LogP contribution in [0.1, 0.15) is 42.2 Å². The van der Waals surface area contributed by atoms with E-state index in [-0.39, 0.29) is 71.7 Å². The molecule has 2 fully saturated rings. The number of nitrogens with one attached hydrogen (secondary N) is 1. The zero-order chi connectivity index (χ0) is 53.7. The first-order chi connectivity index (χ1) is 34.0. The van der Waals surface area contributed by atoms with Crippen molar-refractivity contribution < 1.29 is 112 Å². The molecule has 10 atom stereocenters. The van der Waals surface area contributed by atoms with E-state index in [9.17, 15) is 51.8 Å². The molecule has 2 aliphatic rings. The van der Waals surface area contributed by atoms with Gasteiger partial charge in [-0.05, 0) is 6.92 Å². The quantitative estimate of drug-likeness (QED) is 0.0162. The van der Waals surface area contributed by atoms with E-state index in [2.05, 4.69) is 60.9 Å². The second-order valence-corrected chi connectivity index (χ2v) is 25.8. The van der Waals surface area contributed by atoms with Gasteiger partial charge in [-0.2, -0.15) is 17.2 Å². The SMILES string of the molecule is Cc1nc2c(c(C#CCN)cn2[C@H]2CC(OCSSCOC3C[C@H](n4cc(C#CCN)c5c(N)ncnc54)O[C@@H]3COP(=O)(O)OP(=O)(O)OP(=O)(O)O)[C@@H](COP(=O)(O)OP(=O)(O)OP(=O)(O)O)O2)c(=O)[nH]1. The van der Waals surface area contributed by atoms with E-state index >= 15 is 0 Å². The van der Waals surface area contributed by atoms with E-state index in [1.165, 1.54) is 34.8 Å². The molecule has 0 amide bonds. The molecule has 404 valence electrons. The number of phosphoric acid groups is 6. The average molecular weight is 1190 g/mol. The fourth-order valence-corrected chi connectivity index (χ4v) is 14.3. The number of hydrogen-bond donors (Lipinski definition) is 12. The number of aromatic nitrogens is 6. The minimum absolute atomic E-state index is 0.0110. The Kier molecular flexibility index (Phi) is 19.8. The molecule has 6 rings (SSSR count). The molecule has 2 aliphatic heterocycles. The summed E-state index contributed by atoms with van der Waals surface area (Å²) in [6, 6.07) is 0. The number of aromatic amines is 1. The maximum Gasteiger partial charge on any atom is 0.490 e. The summed E-state index contributed by atoms with van der Waals surface area (Å²) in [5.74, 6) is 10.9. The molecule has 4 aromatic heterocycles. The predicted octanol–water partition coefficient (Wildman–Crippen LogP) is 1.01. The zero-order valence-electron chi connectivity index (χ0n) is 36.8. The van der Waals surface area contributed by atoms with Gasteiger partial charge in [0.2, 0.25) is 0 Å². The second-order valence-electron chi connectivity index (χ2n) is 14.6. The third-order valence-corrected chi connectivity index (χ3v) is 18.8. The molecular weight excluding hydrogens is 1150 g/mol. The van der Waals surface area contributed by atoms with Gasteiger partial charge in [0.1, 0.15) is 60.2 Å². The van der Waals surface area contributed by atoms with Gasteiger partial charge in [0, 0.05) is 25.2 Å². The van der Waals surface area contributed by atoms with Crippen LogP contribution < -0.4 is 22.8 Å². The number of hydrogen-bond acceptors (Lipinski definition) is 25. The molecule has 4 aromatic rings. The van der Waals surface area contributed by atoms with Gasteiger partial charge in [0.25, 0.3) is 5.56 Å². The first kappa shape index (κ1) is 59.5. The lowest BCUT2D eigenvalue weighted by atomic mass is 10.2. The molecule has 2 saturated heterocycles. The smallest absolute Gasteiger partial charge is 0.383 e. The molecular formula is C31H43N9O25P6S2. The van der Waals surface area contributed by atoms with Crippen molar-refractivity contribution in [1.29, 1.82) is 0 Å². The number of ether oxygens (including phenoxy) is 4. The van der Waals surface area contributed by atoms with Crippen LogP contribution >= 0.6 is 68.5 Å². The topological polar surface area (TPSA) is 516 Å². The molecule has 6 unspecified atom stereocenters. The van der Waals surface area contributed by atoms with Crippen LogP contribution in [0.2, 0.25) is 0 Å². The Morgan fingerprint density at radius 1 is 0.699 bits per heavy atom. The highest BCUT2D eigenvalue weighted by Crippen LogP contribution is 2.67. The summed E-state index contributed by atoms with van der Waals surface area (Å²) in [5.41, 5.74) is 17.7. The van der Waals surface area contributed by atoms with Crippen molar-refractivity contribution in [2.75, 3.05) is 43.9 Å². The Morgan fingerprint density at radius 3 is 1.60 bits per heavy atom. The molecule has 15 N–H and O–H groups in total. The lowest BCUT2D eigenvalue weighted by Crippen LogP contribution is -2.29. The number of rotatable bonds is 23. The molecule has 0 saturated carbocycles. The number of anilines is 1. The summed E-state index contributed by atoms with van der Waals surface area (Å²) in [5, 5.41) is 0.419. The van der Waals surface area contributed by atoms with Crippen LogP contribution in [0.15, 0.2) is 23.5 Å². The van der Waals surface area contributed by atoms with Crippen molar-refractivity contribution >= 4 is 96.4 Å². The van der Waals surface area contributed by atoms with Gasteiger partial charge in [-0.1, -0.05) is 45.3 Å². The maximum absolute atomic E-state index is 13.0. The third-order valence-electron chi connectivity index (χ3n) is 9.45. The summed E-state index contributed by atoms with van der Waals surface area (Å²) in [4.78, 5) is 104. The van der Waals surface area contributed by atoms with Gasteiger partial charge in [0.15, 0.2) is 5.65 Å². The molecule has 0 spiro atoms. The van der Waals surface area contributed by atoms with E-state index in [0.717, 1.165) is 21.6 Å². The van der Waals surface area contributed by atoms with Crippen molar-refractivity contribution in [3.63, 3.8) is 0 Å². The van der Waals surface area contributed by atoms with E-state index in [1.807, 2.05) is 0 Å². The van der Waals surface area contributed by atoms with Crippen LogP contribution in [0.5, 0.6) is 0 Å². The maximum atomic E-state index is 13.0. The summed E-state index contributed by atoms with van der Waals surface area (Å²) in [7, 11) is -32.3. The molecule has 0 aliphatic carbocycles. The van der Waals surface area contributed by atoms with E-state index < -0.39 is 103 Å². The minimum atomic E-state index is -5.89. The molecule has 73 heavy (non-hydrogen) atoms. The standard InChI is InChI=1S/C31H43N9O25P6S2/c1-17-37-30-27(31(41)38-17)19(5-3-7-33)11-40(30)25-9-21(23(61-25)13-59-69(50,51)65-71(54,55)63-67(45,46)47)57-16-73-72-15-56-20-8-24(39-10-18(4-2-6-32)26-28(34)35-14-36-29(26)39)60-22(20)12-58-68(48,49)64-70(52,53)62-66(42,43)44/h10-11,14,20-25H,6-9,12-13,15-16,32-33H2,1H3,(H,48,49)(H,50,51)(H,52,53)(H,54,55)(H2,34,35,36)(H,37,38,41)(H2,42,43,44)(H2,45,46,47)/t20?,21?,22-,23-,24-,25-/m1/s1. The van der Waals surface area contributed by atoms with Gasteiger partial charge in [0.05, 0.1) is 60.4 Å². The average Bonchev–Trinajstić information content (AvgIpc) is 4.02. The number of aryl methyl sites for hydroxylation is 1. The highest BCUT2D eigenvalue weighted by Gasteiger charge is 2.46. The van der Waals surface area contributed by atoms with Crippen molar-refractivity contribution in [3.8, 4) is 23.7 Å². The minimum Gasteiger partial charge on any atom is -0.383 e. The van der Waals surface area contributed by atoms with Crippen molar-refractivity contribution in [3.05, 3.63) is 46.0 Å². The molecule has 0 radical (unpaired) electrons. The number of nitrogens with two attached hydrogens (primary N) is 3. The van der Waals surface area contributed by atoms with Crippen LogP contribution in [-0.2, 0) is 72.6 Å². The number of H-pyrrole nitrogens is 1. The van der Waals surface area contributed by atoms with Crippen LogP contribution in [-0.4, -0.2) is 131 Å². The molecule has 6 heterocycles. The highest BCUT2D eigenvalue weighted by molar-refractivity contribution is 8.76. The predicted molar refractivity (Wildman–Crippen MR) is 250 cm³/mol. The Bertz CT molecular complexity index is 3170. The van der Waals surface area contributed by atoms with Crippen LogP contribution in [0.25, 0.3) is 22.1 Å². The lowest BCUT2D eigenvalue weighted by molar-refractivity contribution is -0.0524. The first-order valence-corrected chi connectivity index (χ1v) is 31.5. The molecule has 0 bridgehead atoms. The lowest BCUT2D eigenvalue weighted by Gasteiger charge is -2.21. The van der Waals surface area contributed by atoms with E-state index in [1.54, 1.807) is 0 Å². The van der Waals surface area contributed by atoms with E-state index in [0.29, 0.717) is 10.9 Å². The van der Waals surface area contributed by atoms with Gasteiger partial charge < -0.3 is 89.4 Å². The van der Waals surface area contributed by atoms with Crippen molar-refractivity contribution in [2.24, 2.45) is 11.5 Å². The molecule has 34 nitrogen and oxygen atoms in total. The summed E-state index contributed by atoms with van der Waals surface area (Å²) >= 11 is 0. The number of nitrogens with zero attached hydrogens (tertiary/aromatic N) is 5. The van der Waals surface area contributed by atoms with Gasteiger partial charge in [-0.25, -0.2) is 42.3 Å². The van der Waals surface area contributed by atoms with Crippen LogP contribution in [0.4, 0.5) is 5.82 Å². The molecule has 0 aromatic carbocycles. The van der Waals surface area contributed by atoms with Crippen molar-refractivity contribution in [2.45, 2.75) is 56.6 Å². The summed E-state index contributed by atoms with van der Waals surface area (Å²) in [6.45, 7) is -0.364. The highest BCUT2D eigenvalue weighted by atomic mass is 33.1. The summed E-state index contributed by atoms with van der Waals surface area (Å²) < 4.78 is 124. The Morgan fingerprint density at radius 2 is 1.15 bits per heavy atom. The zero-order valence-corrected chi connectivity index (χ0v) is 43.8. The summed E-state index contributed by atoms with van der Waals surface area (Å²) in [6.07, 6.45) is -2.65. The normalized spacial score (nSPS) is 23.8. The van der Waals surface area contributed by atoms with Gasteiger partial charge >= 0.3 is 46.9 Å². The number of fused-ring (bicyclic) bond motifs is 2. The van der Waals surface area contributed by atoms with Crippen LogP contribution in [0, 0.1) is 30.6 Å². The fourth-order valence-electron chi connectivity index (χ4n) is 6.93. The monoisotopic (exact) mass is 1190 g/mol. The Balaban J connectivity index is 1.16. The largest absolute Gasteiger partial charge is 0.490 e. The molecule has 42 heteroatoms. The van der Waals surface area contributed by atoms with Crippen molar-refractivity contribution in [1.82, 2.24) is 29.1 Å². The van der Waals surface area contributed by atoms with Crippen LogP contribution in [0.3, 0.4) is 0 Å². The van der Waals surface area contributed by atoms with Gasteiger partial charge in [-0.3, -0.25) is 13.8 Å². The Hall–Kier alpha value is -2.76. The number of phosphoric ester groups is 2. The Labute approximate surface area is 417 Å². The third kappa shape index (κ3) is 16.9. The second kappa shape index (κ2) is 24.3. The fraction of sp³-hybridized carbons (Fsp3) is 0.484. The van der Waals surface area contributed by atoms with E-state index in [4.69, 9.17) is 64.8 Å². The van der Waals surface area contributed by atoms with Gasteiger partial charge in [-0.15, -0.1) is 0 Å².